The van der Waals surface area contributed by atoms with E-state index in [2.05, 4.69) is 10.3 Å². The lowest BCUT2D eigenvalue weighted by molar-refractivity contribution is -0.0508. The maximum atomic E-state index is 14.7. The molecule has 0 bridgehead atoms. The Kier molecular flexibility index (Phi) is 5.90. The van der Waals surface area contributed by atoms with E-state index >= 15 is 0 Å². The number of nitrogens with two attached hydrogens (primary N) is 1. The van der Waals surface area contributed by atoms with Gasteiger partial charge in [0.25, 0.3) is 11.5 Å². The van der Waals surface area contributed by atoms with Crippen molar-refractivity contribution < 1.29 is 18.7 Å². The SMILES string of the molecule is CCCNC(=O)c1c(N)c2cccc(-c3cc(OCC4COC4)ccc3F)c2[nH]c1=O. The normalized spacial score (nSPS) is 13.7. The van der Waals surface area contributed by atoms with Crippen LogP contribution in [0, 0.1) is 11.7 Å². The molecule has 0 saturated carbocycles. The minimum atomic E-state index is -0.621. The summed E-state index contributed by atoms with van der Waals surface area (Å²) in [4.78, 5) is 27.8. The van der Waals surface area contributed by atoms with Crippen LogP contribution in [-0.4, -0.2) is 37.3 Å². The van der Waals surface area contributed by atoms with Gasteiger partial charge in [-0.3, -0.25) is 9.59 Å². The first-order valence-corrected chi connectivity index (χ1v) is 10.2. The largest absolute Gasteiger partial charge is 0.493 e. The number of rotatable bonds is 7. The summed E-state index contributed by atoms with van der Waals surface area (Å²) in [6, 6.07) is 9.58. The number of hydrogen-bond acceptors (Lipinski definition) is 5. The van der Waals surface area contributed by atoms with Crippen molar-refractivity contribution in [3.63, 3.8) is 0 Å². The predicted molar refractivity (Wildman–Crippen MR) is 117 cm³/mol. The number of pyridine rings is 1. The highest BCUT2D eigenvalue weighted by Crippen LogP contribution is 2.34. The summed E-state index contributed by atoms with van der Waals surface area (Å²) in [7, 11) is 0. The van der Waals surface area contributed by atoms with E-state index in [1.807, 2.05) is 6.92 Å². The molecular weight excluding hydrogens is 401 g/mol. The smallest absolute Gasteiger partial charge is 0.263 e. The van der Waals surface area contributed by atoms with E-state index in [4.69, 9.17) is 15.2 Å². The van der Waals surface area contributed by atoms with Crippen LogP contribution >= 0.6 is 0 Å². The monoisotopic (exact) mass is 425 g/mol. The van der Waals surface area contributed by atoms with Crippen molar-refractivity contribution >= 4 is 22.5 Å². The van der Waals surface area contributed by atoms with Crippen LogP contribution in [0.3, 0.4) is 0 Å². The summed E-state index contributed by atoms with van der Waals surface area (Å²) in [5, 5.41) is 3.13. The van der Waals surface area contributed by atoms with Crippen molar-refractivity contribution in [3.05, 3.63) is 58.1 Å². The van der Waals surface area contributed by atoms with E-state index in [0.29, 0.717) is 54.5 Å². The molecule has 8 heteroatoms. The number of nitrogen functional groups attached to an aromatic ring is 1. The van der Waals surface area contributed by atoms with Crippen LogP contribution in [0.4, 0.5) is 10.1 Å². The van der Waals surface area contributed by atoms with Gasteiger partial charge in [0.2, 0.25) is 0 Å². The second-order valence-corrected chi connectivity index (χ2v) is 7.58. The fourth-order valence-electron chi connectivity index (χ4n) is 3.52. The molecular formula is C23H24FN3O4. The van der Waals surface area contributed by atoms with Gasteiger partial charge >= 0.3 is 0 Å². The van der Waals surface area contributed by atoms with Gasteiger partial charge in [0.1, 0.15) is 17.1 Å². The number of anilines is 1. The van der Waals surface area contributed by atoms with Crippen LogP contribution in [0.25, 0.3) is 22.0 Å². The molecule has 4 rings (SSSR count). The molecule has 4 N–H and O–H groups in total. The number of nitrogens with one attached hydrogen (secondary N) is 2. The molecule has 3 aromatic rings. The van der Waals surface area contributed by atoms with Crippen molar-refractivity contribution in [2.24, 2.45) is 5.92 Å². The molecule has 31 heavy (non-hydrogen) atoms. The van der Waals surface area contributed by atoms with Gasteiger partial charge in [0.15, 0.2) is 0 Å². The van der Waals surface area contributed by atoms with Crippen LogP contribution in [-0.2, 0) is 4.74 Å². The molecule has 0 aliphatic carbocycles. The van der Waals surface area contributed by atoms with E-state index in [0.717, 1.165) is 6.42 Å². The van der Waals surface area contributed by atoms with Crippen LogP contribution < -0.4 is 21.3 Å². The molecule has 2 heterocycles. The molecule has 1 aliphatic heterocycles. The van der Waals surface area contributed by atoms with Crippen LogP contribution in [0.5, 0.6) is 5.75 Å². The number of amides is 1. The lowest BCUT2D eigenvalue weighted by Gasteiger charge is -2.25. The van der Waals surface area contributed by atoms with E-state index < -0.39 is 17.3 Å². The van der Waals surface area contributed by atoms with E-state index in [9.17, 15) is 14.0 Å². The number of aromatic amines is 1. The summed E-state index contributed by atoms with van der Waals surface area (Å²) < 4.78 is 25.7. The molecule has 1 aliphatic rings. The van der Waals surface area contributed by atoms with Crippen molar-refractivity contribution in [1.82, 2.24) is 10.3 Å². The van der Waals surface area contributed by atoms with Crippen LogP contribution in [0.1, 0.15) is 23.7 Å². The second kappa shape index (κ2) is 8.77. The molecule has 1 aromatic heterocycles. The first kappa shape index (κ1) is 20.9. The third-order valence-corrected chi connectivity index (χ3v) is 5.27. The molecule has 162 valence electrons. The number of para-hydroxylation sites is 1. The number of aromatic nitrogens is 1. The molecule has 1 fully saturated rings. The van der Waals surface area contributed by atoms with E-state index in [1.54, 1.807) is 30.3 Å². The quantitative estimate of drug-likeness (QED) is 0.539. The fraction of sp³-hybridized carbons (Fsp3) is 0.304. The van der Waals surface area contributed by atoms with Gasteiger partial charge < -0.3 is 25.5 Å². The molecule has 2 aromatic carbocycles. The second-order valence-electron chi connectivity index (χ2n) is 7.58. The Hall–Kier alpha value is -3.39. The summed E-state index contributed by atoms with van der Waals surface area (Å²) in [5.74, 6) is -0.142. The van der Waals surface area contributed by atoms with E-state index in [-0.39, 0.29) is 16.8 Å². The Labute approximate surface area is 178 Å². The lowest BCUT2D eigenvalue weighted by atomic mass is 9.99. The van der Waals surface area contributed by atoms with Gasteiger partial charge in [-0.15, -0.1) is 0 Å². The maximum Gasteiger partial charge on any atom is 0.263 e. The zero-order valence-corrected chi connectivity index (χ0v) is 17.2. The van der Waals surface area contributed by atoms with Gasteiger partial charge in [-0.1, -0.05) is 25.1 Å². The number of carbonyl (C=O) groups is 1. The lowest BCUT2D eigenvalue weighted by Crippen LogP contribution is -2.32. The Morgan fingerprint density at radius 1 is 1.29 bits per heavy atom. The zero-order valence-electron chi connectivity index (χ0n) is 17.2. The number of benzene rings is 2. The van der Waals surface area contributed by atoms with Crippen molar-refractivity contribution in [2.75, 3.05) is 32.1 Å². The third kappa shape index (κ3) is 4.11. The Balaban J connectivity index is 1.76. The highest BCUT2D eigenvalue weighted by Gasteiger charge is 2.21. The molecule has 0 radical (unpaired) electrons. The summed E-state index contributed by atoms with van der Waals surface area (Å²) >= 11 is 0. The highest BCUT2D eigenvalue weighted by molar-refractivity contribution is 6.08. The molecule has 0 atom stereocenters. The molecule has 0 spiro atoms. The zero-order chi connectivity index (χ0) is 22.0. The number of fused-ring (bicyclic) bond motifs is 1. The van der Waals surface area contributed by atoms with Gasteiger partial charge in [-0.25, -0.2) is 4.39 Å². The number of halogens is 1. The fourth-order valence-corrected chi connectivity index (χ4v) is 3.52. The third-order valence-electron chi connectivity index (χ3n) is 5.27. The minimum absolute atomic E-state index is 0.0620. The Bertz CT molecular complexity index is 1190. The molecule has 7 nitrogen and oxygen atoms in total. The van der Waals surface area contributed by atoms with Crippen molar-refractivity contribution in [1.29, 1.82) is 0 Å². The van der Waals surface area contributed by atoms with Crippen LogP contribution in [0.2, 0.25) is 0 Å². The van der Waals surface area contributed by atoms with Gasteiger partial charge in [-0.05, 0) is 24.6 Å². The van der Waals surface area contributed by atoms with Gasteiger partial charge in [-0.2, -0.15) is 0 Å². The Morgan fingerprint density at radius 2 is 2.10 bits per heavy atom. The average molecular weight is 425 g/mol. The summed E-state index contributed by atoms with van der Waals surface area (Å²) in [6.07, 6.45) is 0.729. The van der Waals surface area contributed by atoms with E-state index in [1.165, 1.54) is 6.07 Å². The maximum absolute atomic E-state index is 14.7. The standard InChI is InChI=1S/C23H24FN3O4/c1-2-8-26-22(28)19-20(25)16-5-3-4-15(21(16)27-23(19)29)17-9-14(6-7-18(17)24)31-12-13-10-30-11-13/h3-7,9,13H,2,8,10-12H2,1H3,(H,26,28)(H3,25,27,29). The summed E-state index contributed by atoms with van der Waals surface area (Å²) in [6.45, 7) is 4.15. The molecule has 1 saturated heterocycles. The van der Waals surface area contributed by atoms with Gasteiger partial charge in [0.05, 0.1) is 31.0 Å². The predicted octanol–water partition coefficient (Wildman–Crippen LogP) is 3.08. The Morgan fingerprint density at radius 3 is 2.81 bits per heavy atom. The number of hydrogen-bond donors (Lipinski definition) is 3. The highest BCUT2D eigenvalue weighted by atomic mass is 19.1. The first-order chi connectivity index (χ1) is 15.0. The molecule has 1 amide bonds. The van der Waals surface area contributed by atoms with Crippen LogP contribution in [0.15, 0.2) is 41.2 Å². The number of ether oxygens (including phenoxy) is 2. The average Bonchev–Trinajstić information content (AvgIpc) is 2.72. The first-order valence-electron chi connectivity index (χ1n) is 10.2. The number of carbonyl (C=O) groups excluding carboxylic acids is 1. The summed E-state index contributed by atoms with van der Waals surface area (Å²) in [5.41, 5.74) is 6.59. The van der Waals surface area contributed by atoms with Crippen molar-refractivity contribution in [3.8, 4) is 16.9 Å². The topological polar surface area (TPSA) is 106 Å². The number of H-pyrrole nitrogens is 1. The van der Waals surface area contributed by atoms with Crippen molar-refractivity contribution in [2.45, 2.75) is 13.3 Å². The molecule has 0 unspecified atom stereocenters. The van der Waals surface area contributed by atoms with Gasteiger partial charge in [0, 0.05) is 29.0 Å². The minimum Gasteiger partial charge on any atom is -0.493 e.